The Morgan fingerprint density at radius 3 is 2.60 bits per heavy atom. The van der Waals surface area contributed by atoms with Crippen LogP contribution in [0.2, 0.25) is 0 Å². The van der Waals surface area contributed by atoms with Gasteiger partial charge in [-0.25, -0.2) is 4.79 Å². The van der Waals surface area contributed by atoms with E-state index in [2.05, 4.69) is 4.18 Å². The molecule has 0 saturated carbocycles. The van der Waals surface area contributed by atoms with Crippen molar-refractivity contribution >= 4 is 21.8 Å². The normalized spacial score (nSPS) is 16.9. The lowest BCUT2D eigenvalue weighted by Crippen LogP contribution is -1.99. The van der Waals surface area contributed by atoms with Gasteiger partial charge in [-0.1, -0.05) is 0 Å². The van der Waals surface area contributed by atoms with Crippen LogP contribution in [-0.2, 0) is 14.3 Å². The first-order valence-electron chi connectivity index (χ1n) is 3.69. The number of rotatable bonds is 1. The van der Waals surface area contributed by atoms with Crippen molar-refractivity contribution in [1.82, 2.24) is 0 Å². The van der Waals surface area contributed by atoms with E-state index in [1.54, 1.807) is 0 Å². The van der Waals surface area contributed by atoms with Crippen LogP contribution in [0.25, 0.3) is 0 Å². The number of nitro groups is 1. The van der Waals surface area contributed by atoms with Gasteiger partial charge in [-0.15, -0.1) is 0 Å². The van der Waals surface area contributed by atoms with Crippen molar-refractivity contribution < 1.29 is 22.3 Å². The van der Waals surface area contributed by atoms with Crippen molar-refractivity contribution in [3.05, 3.63) is 33.9 Å². The van der Waals surface area contributed by atoms with E-state index in [0.717, 1.165) is 18.2 Å². The molecule has 1 aromatic carbocycles. The van der Waals surface area contributed by atoms with E-state index in [9.17, 15) is 23.3 Å². The molecular formula is C7H3NO6S. The van der Waals surface area contributed by atoms with E-state index >= 15 is 0 Å². The zero-order valence-electron chi connectivity index (χ0n) is 7.04. The van der Waals surface area contributed by atoms with Gasteiger partial charge in [0.05, 0.1) is 10.5 Å². The summed E-state index contributed by atoms with van der Waals surface area (Å²) >= 11 is 0. The lowest BCUT2D eigenvalue weighted by molar-refractivity contribution is -0.385. The van der Waals surface area contributed by atoms with Gasteiger partial charge in [0.15, 0.2) is 0 Å². The van der Waals surface area contributed by atoms with Crippen LogP contribution in [0.1, 0.15) is 10.4 Å². The van der Waals surface area contributed by atoms with E-state index in [-0.39, 0.29) is 5.56 Å². The average molecular weight is 229 g/mol. The molecule has 8 heteroatoms. The smallest absolute Gasteiger partial charge is 0.338 e. The number of benzene rings is 1. The van der Waals surface area contributed by atoms with E-state index in [0.29, 0.717) is 0 Å². The van der Waals surface area contributed by atoms with Crippen LogP contribution in [0.3, 0.4) is 0 Å². The topological polar surface area (TPSA) is 104 Å². The number of non-ortho nitro benzene ring substituents is 1. The molecule has 7 nitrogen and oxygen atoms in total. The molecule has 0 saturated heterocycles. The van der Waals surface area contributed by atoms with Crippen molar-refractivity contribution in [3.8, 4) is 0 Å². The summed E-state index contributed by atoms with van der Waals surface area (Å²) in [7, 11) is -4.16. The van der Waals surface area contributed by atoms with E-state index < -0.39 is 31.6 Å². The Balaban J connectivity index is 2.73. The number of carbonyl (C=O) groups excluding carboxylic acids is 1. The molecule has 0 amide bonds. The third-order valence-corrected chi connectivity index (χ3v) is 3.10. The number of nitrogens with zero attached hydrogens (tertiary/aromatic N) is 1. The predicted octanol–water partition coefficient (Wildman–Crippen LogP) is 0.454. The molecule has 15 heavy (non-hydrogen) atoms. The van der Waals surface area contributed by atoms with E-state index in [1.807, 2.05) is 0 Å². The Morgan fingerprint density at radius 1 is 1.33 bits per heavy atom. The van der Waals surface area contributed by atoms with Crippen LogP contribution in [-0.4, -0.2) is 19.3 Å². The molecular weight excluding hydrogens is 226 g/mol. The molecule has 0 N–H and O–H groups in total. The van der Waals surface area contributed by atoms with Crippen LogP contribution >= 0.6 is 0 Å². The second-order valence-electron chi connectivity index (χ2n) is 2.76. The molecule has 1 aliphatic heterocycles. The van der Waals surface area contributed by atoms with Crippen molar-refractivity contribution in [1.29, 1.82) is 0 Å². The van der Waals surface area contributed by atoms with Crippen LogP contribution in [0.4, 0.5) is 5.69 Å². The highest BCUT2D eigenvalue weighted by molar-refractivity contribution is 7.87. The molecule has 0 atom stereocenters. The number of fused-ring (bicyclic) bond motifs is 1. The second-order valence-corrected chi connectivity index (χ2v) is 4.28. The summed E-state index contributed by atoms with van der Waals surface area (Å²) in [6, 6.07) is 2.90. The highest BCUT2D eigenvalue weighted by atomic mass is 32.2. The van der Waals surface area contributed by atoms with Gasteiger partial charge < -0.3 is 4.18 Å². The summed E-state index contributed by atoms with van der Waals surface area (Å²) in [5.74, 6) is -1.01. The number of nitro benzene ring substituents is 1. The number of hydrogen-bond donors (Lipinski definition) is 0. The Labute approximate surface area is 83.6 Å². The van der Waals surface area contributed by atoms with Crippen molar-refractivity contribution in [3.63, 3.8) is 0 Å². The molecule has 0 unspecified atom stereocenters. The highest BCUT2D eigenvalue weighted by Gasteiger charge is 2.36. The molecule has 0 aromatic heterocycles. The van der Waals surface area contributed by atoms with Crippen molar-refractivity contribution in [2.24, 2.45) is 0 Å². The maximum Gasteiger partial charge on any atom is 0.355 e. The molecule has 1 aliphatic rings. The Morgan fingerprint density at radius 2 is 2.00 bits per heavy atom. The Hall–Kier alpha value is -1.96. The molecule has 1 heterocycles. The molecule has 0 radical (unpaired) electrons. The minimum absolute atomic E-state index is 0.180. The van der Waals surface area contributed by atoms with Crippen LogP contribution in [0.15, 0.2) is 23.1 Å². The minimum Gasteiger partial charge on any atom is -0.338 e. The molecule has 0 spiro atoms. The lowest BCUT2D eigenvalue weighted by atomic mass is 10.2. The van der Waals surface area contributed by atoms with Crippen LogP contribution in [0.5, 0.6) is 0 Å². The monoisotopic (exact) mass is 229 g/mol. The number of hydrogen-bond acceptors (Lipinski definition) is 6. The third-order valence-electron chi connectivity index (χ3n) is 1.85. The fourth-order valence-electron chi connectivity index (χ4n) is 1.19. The third kappa shape index (κ3) is 1.34. The standard InChI is InChI=1S/C7H3NO6S/c9-7-5-2-1-4(8(10)11)3-6(5)15(12,13)14-7/h1-3H. The maximum atomic E-state index is 11.2. The summed E-state index contributed by atoms with van der Waals surface area (Å²) in [4.78, 5) is 20.2. The molecule has 1 aromatic rings. The summed E-state index contributed by atoms with van der Waals surface area (Å²) in [5.41, 5.74) is -0.587. The predicted molar refractivity (Wildman–Crippen MR) is 45.7 cm³/mol. The van der Waals surface area contributed by atoms with E-state index in [4.69, 9.17) is 0 Å². The quantitative estimate of drug-likeness (QED) is 0.393. The number of carbonyl (C=O) groups is 1. The van der Waals surface area contributed by atoms with Crippen molar-refractivity contribution in [2.75, 3.05) is 0 Å². The summed E-state index contributed by atoms with van der Waals surface area (Å²) in [6.07, 6.45) is 0. The van der Waals surface area contributed by atoms with Crippen LogP contribution < -0.4 is 0 Å². The molecule has 0 aliphatic carbocycles. The molecule has 0 fully saturated rings. The van der Waals surface area contributed by atoms with E-state index in [1.165, 1.54) is 0 Å². The average Bonchev–Trinajstić information content (AvgIpc) is 2.37. The first kappa shape index (κ1) is 9.59. The first-order chi connectivity index (χ1) is 6.92. The van der Waals surface area contributed by atoms with Crippen molar-refractivity contribution in [2.45, 2.75) is 4.90 Å². The first-order valence-corrected chi connectivity index (χ1v) is 5.10. The van der Waals surface area contributed by atoms with Gasteiger partial charge in [0, 0.05) is 12.1 Å². The summed E-state index contributed by atoms with van der Waals surface area (Å²) in [5, 5.41) is 10.4. The lowest BCUT2D eigenvalue weighted by Gasteiger charge is -1.93. The van der Waals surface area contributed by atoms with Gasteiger partial charge in [-0.05, 0) is 6.07 Å². The fourth-order valence-corrected chi connectivity index (χ4v) is 2.25. The zero-order valence-corrected chi connectivity index (χ0v) is 7.85. The van der Waals surface area contributed by atoms with Gasteiger partial charge >= 0.3 is 16.1 Å². The highest BCUT2D eigenvalue weighted by Crippen LogP contribution is 2.30. The van der Waals surface area contributed by atoms with Gasteiger partial charge in [-0.2, -0.15) is 8.42 Å². The zero-order chi connectivity index (χ0) is 11.2. The van der Waals surface area contributed by atoms with Crippen LogP contribution in [0, 0.1) is 10.1 Å². The SMILES string of the molecule is O=C1OS(=O)(=O)c2cc([N+](=O)[O-])ccc21. The summed E-state index contributed by atoms with van der Waals surface area (Å²) < 4.78 is 26.4. The Bertz CT molecular complexity index is 575. The fraction of sp³-hybridized carbons (Fsp3) is 0. The minimum atomic E-state index is -4.16. The molecule has 78 valence electrons. The van der Waals surface area contributed by atoms with Gasteiger partial charge in [0.2, 0.25) is 0 Å². The second kappa shape index (κ2) is 2.76. The molecule has 2 rings (SSSR count). The maximum absolute atomic E-state index is 11.2. The van der Waals surface area contributed by atoms with Gasteiger partial charge in [-0.3, -0.25) is 10.1 Å². The van der Waals surface area contributed by atoms with Gasteiger partial charge in [0.1, 0.15) is 4.90 Å². The molecule has 0 bridgehead atoms. The Kier molecular flexibility index (Phi) is 1.77. The largest absolute Gasteiger partial charge is 0.355 e. The van der Waals surface area contributed by atoms with Gasteiger partial charge in [0.25, 0.3) is 5.69 Å². The summed E-state index contributed by atoms with van der Waals surface area (Å²) in [6.45, 7) is 0.